The van der Waals surface area contributed by atoms with Crippen LogP contribution in [0.2, 0.25) is 5.02 Å². The fraction of sp³-hybridized carbons (Fsp3) is 0.273. The Balaban J connectivity index is 2.44. The van der Waals surface area contributed by atoms with Gasteiger partial charge in [0, 0.05) is 6.20 Å². The Morgan fingerprint density at radius 3 is 2.81 bits per heavy atom. The quantitative estimate of drug-likeness (QED) is 0.872. The Labute approximate surface area is 98.5 Å². The maximum atomic E-state index is 9.47. The molecule has 0 spiro atoms. The van der Waals surface area contributed by atoms with Gasteiger partial charge in [0.25, 0.3) is 0 Å². The van der Waals surface area contributed by atoms with Crippen LogP contribution in [0.15, 0.2) is 24.5 Å². The molecule has 0 radical (unpaired) electrons. The van der Waals surface area contributed by atoms with Crippen LogP contribution in [0.25, 0.3) is 5.82 Å². The molecule has 0 aliphatic heterocycles. The molecule has 0 saturated heterocycles. The third-order valence-corrected chi connectivity index (χ3v) is 2.70. The van der Waals surface area contributed by atoms with Crippen molar-refractivity contribution in [3.05, 3.63) is 40.8 Å². The van der Waals surface area contributed by atoms with Crippen molar-refractivity contribution >= 4 is 11.6 Å². The zero-order valence-electron chi connectivity index (χ0n) is 9.05. The number of aryl methyl sites for hydroxylation is 1. The maximum absolute atomic E-state index is 9.47. The van der Waals surface area contributed by atoms with Gasteiger partial charge in [-0.3, -0.25) is 0 Å². The summed E-state index contributed by atoms with van der Waals surface area (Å²) < 4.78 is 1.60. The first kappa shape index (κ1) is 11.1. The van der Waals surface area contributed by atoms with E-state index in [9.17, 15) is 5.11 Å². The monoisotopic (exact) mass is 237 g/mol. The maximum Gasteiger partial charge on any atom is 0.153 e. The lowest BCUT2D eigenvalue weighted by molar-refractivity contribution is 0.199. The molecule has 4 nitrogen and oxygen atoms in total. The number of aliphatic hydroxyl groups excluding tert-OH is 1. The van der Waals surface area contributed by atoms with E-state index in [2.05, 4.69) is 10.1 Å². The van der Waals surface area contributed by atoms with Crippen molar-refractivity contribution in [1.82, 2.24) is 14.8 Å². The molecule has 0 bridgehead atoms. The van der Waals surface area contributed by atoms with Gasteiger partial charge in [-0.05, 0) is 31.5 Å². The fourth-order valence-electron chi connectivity index (χ4n) is 1.38. The molecule has 0 aliphatic rings. The van der Waals surface area contributed by atoms with Crippen molar-refractivity contribution < 1.29 is 5.11 Å². The predicted octanol–water partition coefficient (Wildman–Crippen LogP) is 2.28. The number of hydrogen-bond donors (Lipinski definition) is 1. The van der Waals surface area contributed by atoms with Crippen molar-refractivity contribution in [2.24, 2.45) is 0 Å². The van der Waals surface area contributed by atoms with Crippen LogP contribution >= 0.6 is 11.6 Å². The highest BCUT2D eigenvalue weighted by Crippen LogP contribution is 2.17. The fourth-order valence-corrected chi connectivity index (χ4v) is 1.51. The number of nitrogens with zero attached hydrogens (tertiary/aromatic N) is 3. The number of rotatable bonds is 2. The number of halogens is 1. The predicted molar refractivity (Wildman–Crippen MR) is 61.7 cm³/mol. The summed E-state index contributed by atoms with van der Waals surface area (Å²) in [6.45, 7) is 3.54. The average molecular weight is 238 g/mol. The van der Waals surface area contributed by atoms with E-state index in [1.54, 1.807) is 36.1 Å². The van der Waals surface area contributed by atoms with Crippen molar-refractivity contribution in [3.8, 4) is 5.82 Å². The molecule has 2 rings (SSSR count). The van der Waals surface area contributed by atoms with E-state index in [0.29, 0.717) is 10.8 Å². The molecule has 0 saturated carbocycles. The number of aromatic nitrogens is 3. The summed E-state index contributed by atoms with van der Waals surface area (Å²) in [5.74, 6) is 0.647. The van der Waals surface area contributed by atoms with Gasteiger partial charge in [0.2, 0.25) is 0 Å². The highest BCUT2D eigenvalue weighted by molar-refractivity contribution is 6.31. The second-order valence-electron chi connectivity index (χ2n) is 3.63. The summed E-state index contributed by atoms with van der Waals surface area (Å²) in [5.41, 5.74) is 1.56. The summed E-state index contributed by atoms with van der Waals surface area (Å²) in [4.78, 5) is 4.18. The normalized spacial score (nSPS) is 12.8. The molecule has 2 aromatic heterocycles. The molecule has 0 aromatic carbocycles. The molecule has 0 amide bonds. The van der Waals surface area contributed by atoms with E-state index in [1.165, 1.54) is 0 Å². The molecule has 2 heterocycles. The Bertz CT molecular complexity index is 488. The SMILES string of the molecule is Cc1nn(-c2cc([C@H](C)O)ccn2)cc1Cl. The topological polar surface area (TPSA) is 50.9 Å². The average Bonchev–Trinajstić information content (AvgIpc) is 2.59. The van der Waals surface area contributed by atoms with Gasteiger partial charge >= 0.3 is 0 Å². The zero-order valence-corrected chi connectivity index (χ0v) is 9.81. The largest absolute Gasteiger partial charge is 0.389 e. The van der Waals surface area contributed by atoms with E-state index in [4.69, 9.17) is 11.6 Å². The minimum Gasteiger partial charge on any atom is -0.389 e. The molecule has 0 aliphatic carbocycles. The van der Waals surface area contributed by atoms with Crippen molar-refractivity contribution in [2.75, 3.05) is 0 Å². The third-order valence-electron chi connectivity index (χ3n) is 2.33. The number of pyridine rings is 1. The van der Waals surface area contributed by atoms with Crippen molar-refractivity contribution in [3.63, 3.8) is 0 Å². The zero-order chi connectivity index (χ0) is 11.7. The van der Waals surface area contributed by atoms with Gasteiger partial charge in [-0.25, -0.2) is 9.67 Å². The third kappa shape index (κ3) is 2.08. The lowest BCUT2D eigenvalue weighted by Gasteiger charge is -2.06. The molecule has 5 heteroatoms. The van der Waals surface area contributed by atoms with Gasteiger partial charge in [-0.15, -0.1) is 0 Å². The first-order valence-corrected chi connectivity index (χ1v) is 5.32. The van der Waals surface area contributed by atoms with Crippen LogP contribution in [0.1, 0.15) is 24.3 Å². The molecular formula is C11H12ClN3O. The van der Waals surface area contributed by atoms with Crippen LogP contribution in [0.5, 0.6) is 0 Å². The van der Waals surface area contributed by atoms with Gasteiger partial charge in [-0.1, -0.05) is 11.6 Å². The van der Waals surface area contributed by atoms with Crippen LogP contribution in [0.4, 0.5) is 0 Å². The standard InChI is InChI=1S/C11H12ClN3O/c1-7-10(12)6-15(14-7)11-5-9(8(2)16)3-4-13-11/h3-6,8,16H,1-2H3/t8-/m0/s1. The second-order valence-corrected chi connectivity index (χ2v) is 4.04. The van der Waals surface area contributed by atoms with Gasteiger partial charge in [0.05, 0.1) is 23.0 Å². The lowest BCUT2D eigenvalue weighted by Crippen LogP contribution is -2.00. The smallest absolute Gasteiger partial charge is 0.153 e. The summed E-state index contributed by atoms with van der Waals surface area (Å²) in [5, 5.41) is 14.3. The van der Waals surface area contributed by atoms with Crippen LogP contribution in [0, 0.1) is 6.92 Å². The summed E-state index contributed by atoms with van der Waals surface area (Å²) in [6, 6.07) is 3.56. The Morgan fingerprint density at radius 2 is 2.25 bits per heavy atom. The minimum atomic E-state index is -0.520. The molecule has 0 unspecified atom stereocenters. The van der Waals surface area contributed by atoms with Crippen LogP contribution < -0.4 is 0 Å². The van der Waals surface area contributed by atoms with E-state index in [1.807, 2.05) is 6.92 Å². The minimum absolute atomic E-state index is 0.520. The molecule has 2 aromatic rings. The van der Waals surface area contributed by atoms with Gasteiger partial charge in [0.1, 0.15) is 0 Å². The lowest BCUT2D eigenvalue weighted by atomic mass is 10.2. The van der Waals surface area contributed by atoms with Gasteiger partial charge in [-0.2, -0.15) is 5.10 Å². The van der Waals surface area contributed by atoms with Gasteiger partial charge in [0.15, 0.2) is 5.82 Å². The van der Waals surface area contributed by atoms with E-state index in [-0.39, 0.29) is 0 Å². The Hall–Kier alpha value is -1.39. The van der Waals surface area contributed by atoms with Gasteiger partial charge < -0.3 is 5.11 Å². The van der Waals surface area contributed by atoms with Crippen molar-refractivity contribution in [1.29, 1.82) is 0 Å². The highest BCUT2D eigenvalue weighted by Gasteiger charge is 2.07. The summed E-state index contributed by atoms with van der Waals surface area (Å²) in [7, 11) is 0. The van der Waals surface area contributed by atoms with E-state index < -0.39 is 6.10 Å². The first-order valence-electron chi connectivity index (χ1n) is 4.94. The van der Waals surface area contributed by atoms with Crippen LogP contribution in [0.3, 0.4) is 0 Å². The molecule has 0 fully saturated rings. The Kier molecular flexibility index (Phi) is 2.94. The molecule has 16 heavy (non-hydrogen) atoms. The van der Waals surface area contributed by atoms with E-state index in [0.717, 1.165) is 11.3 Å². The summed E-state index contributed by atoms with van der Waals surface area (Å²) >= 11 is 5.92. The second kappa shape index (κ2) is 4.23. The first-order chi connectivity index (χ1) is 7.58. The van der Waals surface area contributed by atoms with Crippen LogP contribution in [-0.4, -0.2) is 19.9 Å². The van der Waals surface area contributed by atoms with E-state index >= 15 is 0 Å². The van der Waals surface area contributed by atoms with Crippen molar-refractivity contribution in [2.45, 2.75) is 20.0 Å². The molecule has 1 N–H and O–H groups in total. The number of aliphatic hydroxyl groups is 1. The Morgan fingerprint density at radius 1 is 1.50 bits per heavy atom. The molecule has 1 atom stereocenters. The number of hydrogen-bond acceptors (Lipinski definition) is 3. The summed E-state index contributed by atoms with van der Waals surface area (Å²) in [6.07, 6.45) is 2.82. The molecular weight excluding hydrogens is 226 g/mol. The highest BCUT2D eigenvalue weighted by atomic mass is 35.5. The van der Waals surface area contributed by atoms with Crippen LogP contribution in [-0.2, 0) is 0 Å². The molecule has 84 valence electrons.